The molecule has 0 aromatic heterocycles. The number of aliphatic hydroxyl groups is 1. The summed E-state index contributed by atoms with van der Waals surface area (Å²) in [6.45, 7) is 4.32. The van der Waals surface area contributed by atoms with Crippen LogP contribution in [0.1, 0.15) is 18.7 Å². The van der Waals surface area contributed by atoms with E-state index >= 15 is 0 Å². The van der Waals surface area contributed by atoms with Crippen molar-refractivity contribution in [3.63, 3.8) is 0 Å². The zero-order valence-corrected chi connectivity index (χ0v) is 12.2. The molecule has 2 atom stereocenters. The highest BCUT2D eigenvalue weighted by molar-refractivity contribution is 5.84. The third kappa shape index (κ3) is 1.81. The van der Waals surface area contributed by atoms with E-state index in [1.54, 1.807) is 0 Å². The van der Waals surface area contributed by atoms with Crippen LogP contribution >= 0.6 is 0 Å². The smallest absolute Gasteiger partial charge is 0.109 e. The van der Waals surface area contributed by atoms with Crippen molar-refractivity contribution in [2.45, 2.75) is 19.1 Å². The molecule has 0 spiro atoms. The number of anilines is 1. The molecule has 2 aromatic rings. The van der Waals surface area contributed by atoms with Gasteiger partial charge in [-0.2, -0.15) is 0 Å². The van der Waals surface area contributed by atoms with E-state index in [0.717, 1.165) is 13.1 Å². The zero-order valence-electron chi connectivity index (χ0n) is 12.2. The van der Waals surface area contributed by atoms with Crippen LogP contribution in [-0.2, 0) is 0 Å². The molecule has 21 heavy (non-hydrogen) atoms. The van der Waals surface area contributed by atoms with Crippen LogP contribution in [-0.4, -0.2) is 35.7 Å². The average Bonchev–Trinajstić information content (AvgIpc) is 3.00. The number of para-hydroxylation sites is 1. The van der Waals surface area contributed by atoms with Crippen molar-refractivity contribution in [2.75, 3.05) is 24.6 Å². The Balaban J connectivity index is 1.90. The highest BCUT2D eigenvalue weighted by atomic mass is 16.3. The highest BCUT2D eigenvalue weighted by Crippen LogP contribution is 2.48. The molecule has 0 aliphatic carbocycles. The van der Waals surface area contributed by atoms with Gasteiger partial charge in [0, 0.05) is 30.4 Å². The number of rotatable bonds is 2. The van der Waals surface area contributed by atoms with Gasteiger partial charge in [0.15, 0.2) is 0 Å². The molecule has 2 unspecified atom stereocenters. The van der Waals surface area contributed by atoms with Gasteiger partial charge in [0.05, 0.1) is 6.61 Å². The number of hydrogen-bond donors (Lipinski definition) is 1. The molecule has 3 nitrogen and oxygen atoms in total. The first-order valence-electron chi connectivity index (χ1n) is 7.63. The molecule has 1 saturated heterocycles. The van der Waals surface area contributed by atoms with E-state index in [2.05, 4.69) is 65.3 Å². The molecule has 0 radical (unpaired) electrons. The first-order chi connectivity index (χ1) is 10.3. The Bertz CT molecular complexity index is 670. The van der Waals surface area contributed by atoms with Crippen molar-refractivity contribution in [3.05, 3.63) is 54.1 Å². The van der Waals surface area contributed by atoms with Crippen LogP contribution in [0, 0.1) is 0 Å². The second-order valence-electron chi connectivity index (χ2n) is 5.94. The lowest BCUT2D eigenvalue weighted by molar-refractivity contribution is 0.124. The largest absolute Gasteiger partial charge is 0.395 e. The van der Waals surface area contributed by atoms with Crippen LogP contribution in [0.2, 0.25) is 0 Å². The molecule has 4 rings (SSSR count). The van der Waals surface area contributed by atoms with E-state index in [1.807, 2.05) is 0 Å². The van der Waals surface area contributed by atoms with E-state index in [0.29, 0.717) is 0 Å². The molecular formula is C18H20N2O. The van der Waals surface area contributed by atoms with Crippen LogP contribution in [0.25, 0.3) is 11.1 Å². The first kappa shape index (κ1) is 12.9. The van der Waals surface area contributed by atoms with Crippen LogP contribution in [0.15, 0.2) is 48.5 Å². The van der Waals surface area contributed by atoms with Crippen molar-refractivity contribution in [1.29, 1.82) is 0 Å². The fourth-order valence-electron chi connectivity index (χ4n) is 3.73. The quantitative estimate of drug-likeness (QED) is 0.916. The van der Waals surface area contributed by atoms with Gasteiger partial charge in [-0.25, -0.2) is 0 Å². The van der Waals surface area contributed by atoms with Gasteiger partial charge in [-0.15, -0.1) is 0 Å². The van der Waals surface area contributed by atoms with Crippen LogP contribution in [0.4, 0.5) is 5.69 Å². The normalized spacial score (nSPS) is 21.6. The molecular weight excluding hydrogens is 260 g/mol. The maximum Gasteiger partial charge on any atom is 0.109 e. The molecule has 0 bridgehead atoms. The lowest BCUT2D eigenvalue weighted by Gasteiger charge is -2.40. The van der Waals surface area contributed by atoms with Crippen molar-refractivity contribution >= 4 is 5.69 Å². The highest BCUT2D eigenvalue weighted by Gasteiger charge is 2.40. The minimum Gasteiger partial charge on any atom is -0.395 e. The molecule has 3 heteroatoms. The monoisotopic (exact) mass is 280 g/mol. The second-order valence-corrected chi connectivity index (χ2v) is 5.94. The van der Waals surface area contributed by atoms with Gasteiger partial charge in [-0.05, 0) is 24.1 Å². The van der Waals surface area contributed by atoms with E-state index in [-0.39, 0.29) is 18.8 Å². The Morgan fingerprint density at radius 2 is 1.76 bits per heavy atom. The number of hydrogen-bond acceptors (Lipinski definition) is 3. The Morgan fingerprint density at radius 1 is 1.05 bits per heavy atom. The average molecular weight is 280 g/mol. The van der Waals surface area contributed by atoms with Crippen molar-refractivity contribution in [1.82, 2.24) is 4.90 Å². The van der Waals surface area contributed by atoms with Crippen LogP contribution in [0.3, 0.4) is 0 Å². The van der Waals surface area contributed by atoms with E-state index < -0.39 is 0 Å². The van der Waals surface area contributed by atoms with Crippen molar-refractivity contribution < 1.29 is 5.11 Å². The Labute approximate surface area is 125 Å². The number of benzene rings is 2. The number of aliphatic hydroxyl groups excluding tert-OH is 1. The number of nitrogens with zero attached hydrogens (tertiary/aromatic N) is 2. The van der Waals surface area contributed by atoms with Gasteiger partial charge < -0.3 is 10.0 Å². The predicted octanol–water partition coefficient (Wildman–Crippen LogP) is 2.87. The van der Waals surface area contributed by atoms with Gasteiger partial charge >= 0.3 is 0 Å². The molecule has 1 fully saturated rings. The van der Waals surface area contributed by atoms with Crippen LogP contribution in [0.5, 0.6) is 0 Å². The Morgan fingerprint density at radius 3 is 2.57 bits per heavy atom. The molecule has 2 heterocycles. The summed E-state index contributed by atoms with van der Waals surface area (Å²) in [6, 6.07) is 17.5. The van der Waals surface area contributed by atoms with Gasteiger partial charge in [-0.3, -0.25) is 4.90 Å². The van der Waals surface area contributed by atoms with Crippen molar-refractivity contribution in [3.8, 4) is 11.1 Å². The summed E-state index contributed by atoms with van der Waals surface area (Å²) in [5.41, 5.74) is 5.32. The molecule has 2 aliphatic rings. The summed E-state index contributed by atoms with van der Waals surface area (Å²) < 4.78 is 0. The SMILES string of the molecule is CC(CO)N1CCN2c3ccccc3-c3ccccc3C21. The lowest BCUT2D eigenvalue weighted by Crippen LogP contribution is -2.40. The third-order valence-electron chi connectivity index (χ3n) is 4.78. The van der Waals surface area contributed by atoms with Crippen molar-refractivity contribution in [2.24, 2.45) is 0 Å². The fourth-order valence-corrected chi connectivity index (χ4v) is 3.73. The summed E-state index contributed by atoms with van der Waals surface area (Å²) in [7, 11) is 0. The van der Waals surface area contributed by atoms with Crippen LogP contribution < -0.4 is 4.90 Å². The molecule has 1 N–H and O–H groups in total. The molecule has 0 amide bonds. The summed E-state index contributed by atoms with van der Waals surface area (Å²) in [6.07, 6.45) is 0.248. The topological polar surface area (TPSA) is 26.7 Å². The van der Waals surface area contributed by atoms with E-state index in [9.17, 15) is 5.11 Å². The van der Waals surface area contributed by atoms with Gasteiger partial charge in [0.25, 0.3) is 0 Å². The zero-order chi connectivity index (χ0) is 14.4. The molecule has 108 valence electrons. The standard InChI is InChI=1S/C18H20N2O/c1-13(12-21)19-10-11-20-17-9-5-4-7-15(17)14-6-2-3-8-16(14)18(19)20/h2-9,13,18,21H,10-12H2,1H3. The lowest BCUT2D eigenvalue weighted by atomic mass is 9.91. The van der Waals surface area contributed by atoms with E-state index in [1.165, 1.54) is 22.4 Å². The van der Waals surface area contributed by atoms with Gasteiger partial charge in [0.1, 0.15) is 6.17 Å². The minimum absolute atomic E-state index is 0.179. The summed E-state index contributed by atoms with van der Waals surface area (Å²) >= 11 is 0. The number of fused-ring (bicyclic) bond motifs is 6. The summed E-state index contributed by atoms with van der Waals surface area (Å²) in [5.74, 6) is 0. The molecule has 2 aromatic carbocycles. The third-order valence-corrected chi connectivity index (χ3v) is 4.78. The maximum absolute atomic E-state index is 9.57. The van der Waals surface area contributed by atoms with Gasteiger partial charge in [0.2, 0.25) is 0 Å². The minimum atomic E-state index is 0.179. The summed E-state index contributed by atoms with van der Waals surface area (Å²) in [4.78, 5) is 4.89. The summed E-state index contributed by atoms with van der Waals surface area (Å²) in [5, 5.41) is 9.57. The predicted molar refractivity (Wildman–Crippen MR) is 85.2 cm³/mol. The molecule has 0 saturated carbocycles. The Kier molecular flexibility index (Phi) is 2.98. The fraction of sp³-hybridized carbons (Fsp3) is 0.333. The Hall–Kier alpha value is -1.84. The van der Waals surface area contributed by atoms with Gasteiger partial charge in [-0.1, -0.05) is 42.5 Å². The molecule has 2 aliphatic heterocycles. The van der Waals surface area contributed by atoms with E-state index in [4.69, 9.17) is 0 Å². The first-order valence-corrected chi connectivity index (χ1v) is 7.63. The maximum atomic E-state index is 9.57. The second kappa shape index (κ2) is 4.86.